The van der Waals surface area contributed by atoms with E-state index in [1.54, 1.807) is 6.08 Å². The Hall–Kier alpha value is -0.920. The molecule has 15 heavy (non-hydrogen) atoms. The van der Waals surface area contributed by atoms with Gasteiger partial charge in [-0.05, 0) is 12.3 Å². The van der Waals surface area contributed by atoms with Crippen LogP contribution in [0.5, 0.6) is 0 Å². The van der Waals surface area contributed by atoms with Gasteiger partial charge < -0.3 is 0 Å². The van der Waals surface area contributed by atoms with Crippen LogP contribution in [0.1, 0.15) is 34.1 Å². The molecule has 0 saturated heterocycles. The van der Waals surface area contributed by atoms with Gasteiger partial charge in [-0.25, -0.2) is 8.78 Å². The van der Waals surface area contributed by atoms with Crippen LogP contribution in [0.15, 0.2) is 36.0 Å². The first-order valence-electron chi connectivity index (χ1n) is 5.24. The third-order valence-corrected chi connectivity index (χ3v) is 2.12. The zero-order valence-corrected chi connectivity index (χ0v) is 9.98. The van der Waals surface area contributed by atoms with Gasteiger partial charge in [0.05, 0.1) is 0 Å². The van der Waals surface area contributed by atoms with Crippen molar-refractivity contribution >= 4 is 0 Å². The highest BCUT2D eigenvalue weighted by atomic mass is 19.3. The lowest BCUT2D eigenvalue weighted by molar-refractivity contribution is 0.0673. The van der Waals surface area contributed by atoms with Crippen molar-refractivity contribution in [2.24, 2.45) is 5.92 Å². The van der Waals surface area contributed by atoms with Crippen molar-refractivity contribution in [1.29, 1.82) is 0 Å². The number of hydrogen-bond acceptors (Lipinski definition) is 0. The van der Waals surface area contributed by atoms with Crippen LogP contribution in [0.3, 0.4) is 0 Å². The topological polar surface area (TPSA) is 0 Å². The van der Waals surface area contributed by atoms with E-state index >= 15 is 0 Å². The van der Waals surface area contributed by atoms with Crippen molar-refractivity contribution in [1.82, 2.24) is 0 Å². The van der Waals surface area contributed by atoms with Gasteiger partial charge in [0.1, 0.15) is 0 Å². The van der Waals surface area contributed by atoms with Crippen molar-refractivity contribution in [3.8, 4) is 0 Å². The van der Waals surface area contributed by atoms with Gasteiger partial charge in [0.25, 0.3) is 5.92 Å². The molecule has 0 aliphatic carbocycles. The summed E-state index contributed by atoms with van der Waals surface area (Å²) < 4.78 is 26.3. The zero-order chi connectivity index (χ0) is 12.1. The van der Waals surface area contributed by atoms with E-state index in [2.05, 4.69) is 6.58 Å². The fraction of sp³-hybridized carbons (Fsp3) is 0.538. The average Bonchev–Trinajstić information content (AvgIpc) is 2.09. The SMILES string of the molecule is C=C(/C=C(\C=C/CC)C(C)(F)F)C(C)C. The fourth-order valence-corrected chi connectivity index (χ4v) is 0.932. The van der Waals surface area contributed by atoms with Crippen molar-refractivity contribution in [2.75, 3.05) is 0 Å². The lowest BCUT2D eigenvalue weighted by Crippen LogP contribution is -2.12. The highest BCUT2D eigenvalue weighted by Crippen LogP contribution is 2.26. The Labute approximate surface area is 91.4 Å². The normalized spacial score (nSPS) is 13.9. The number of halogens is 2. The summed E-state index contributed by atoms with van der Waals surface area (Å²) in [6.07, 6.45) is 5.45. The van der Waals surface area contributed by atoms with Gasteiger partial charge in [-0.3, -0.25) is 0 Å². The zero-order valence-electron chi connectivity index (χ0n) is 9.98. The van der Waals surface area contributed by atoms with Crippen molar-refractivity contribution in [3.05, 3.63) is 36.0 Å². The standard InChI is InChI=1S/C13H20F2/c1-6-7-8-12(13(5,14)15)9-11(4)10(2)3/h7-10H,4,6H2,1-3,5H3/b8-7-,12-9+. The third-order valence-electron chi connectivity index (χ3n) is 2.12. The van der Waals surface area contributed by atoms with E-state index in [9.17, 15) is 8.78 Å². The van der Waals surface area contributed by atoms with E-state index in [1.807, 2.05) is 20.8 Å². The Morgan fingerprint density at radius 2 is 1.93 bits per heavy atom. The van der Waals surface area contributed by atoms with E-state index in [4.69, 9.17) is 0 Å². The Morgan fingerprint density at radius 3 is 2.27 bits per heavy atom. The molecule has 0 saturated carbocycles. The van der Waals surface area contributed by atoms with Gasteiger partial charge in [0.15, 0.2) is 0 Å². The first-order valence-corrected chi connectivity index (χ1v) is 5.24. The van der Waals surface area contributed by atoms with Gasteiger partial charge in [-0.1, -0.05) is 51.2 Å². The molecule has 0 spiro atoms. The summed E-state index contributed by atoms with van der Waals surface area (Å²) in [4.78, 5) is 0. The van der Waals surface area contributed by atoms with E-state index in [0.29, 0.717) is 0 Å². The Bertz CT molecular complexity index is 265. The maximum atomic E-state index is 13.2. The maximum Gasteiger partial charge on any atom is 0.270 e. The van der Waals surface area contributed by atoms with Crippen LogP contribution in [0.4, 0.5) is 8.78 Å². The summed E-state index contributed by atoms with van der Waals surface area (Å²) in [6.45, 7) is 10.5. The number of alkyl halides is 2. The van der Waals surface area contributed by atoms with Crippen LogP contribution in [0, 0.1) is 5.92 Å². The van der Waals surface area contributed by atoms with Crippen LogP contribution in [0.25, 0.3) is 0 Å². The van der Waals surface area contributed by atoms with Gasteiger partial charge in [-0.15, -0.1) is 0 Å². The highest BCUT2D eigenvalue weighted by Gasteiger charge is 2.25. The average molecular weight is 214 g/mol. The van der Waals surface area contributed by atoms with Crippen LogP contribution in [-0.4, -0.2) is 5.92 Å². The lowest BCUT2D eigenvalue weighted by Gasteiger charge is -2.13. The van der Waals surface area contributed by atoms with Crippen molar-refractivity contribution < 1.29 is 8.78 Å². The van der Waals surface area contributed by atoms with Gasteiger partial charge in [0, 0.05) is 12.5 Å². The van der Waals surface area contributed by atoms with Crippen LogP contribution >= 0.6 is 0 Å². The summed E-state index contributed by atoms with van der Waals surface area (Å²) >= 11 is 0. The molecule has 0 aromatic rings. The minimum absolute atomic E-state index is 0.0306. The minimum atomic E-state index is -2.80. The van der Waals surface area contributed by atoms with E-state index < -0.39 is 5.92 Å². The van der Waals surface area contributed by atoms with Gasteiger partial charge in [-0.2, -0.15) is 0 Å². The molecule has 0 unspecified atom stereocenters. The second-order valence-electron chi connectivity index (χ2n) is 4.03. The number of rotatable bonds is 5. The first kappa shape index (κ1) is 14.1. The highest BCUT2D eigenvalue weighted by molar-refractivity contribution is 5.33. The first-order chi connectivity index (χ1) is 6.79. The molecule has 0 aliphatic rings. The molecular formula is C13H20F2. The largest absolute Gasteiger partial charge is 0.270 e. The Kier molecular flexibility index (Phi) is 5.48. The molecular weight excluding hydrogens is 194 g/mol. The second kappa shape index (κ2) is 5.84. The number of allylic oxidation sites excluding steroid dienone is 5. The summed E-state index contributed by atoms with van der Waals surface area (Å²) in [6, 6.07) is 0. The molecule has 0 aromatic carbocycles. The van der Waals surface area contributed by atoms with Gasteiger partial charge in [0.2, 0.25) is 0 Å². The molecule has 0 nitrogen and oxygen atoms in total. The predicted octanol–water partition coefficient (Wildman–Crippen LogP) is 4.75. The molecule has 0 aliphatic heterocycles. The Balaban J connectivity index is 4.95. The minimum Gasteiger partial charge on any atom is -0.202 e. The molecule has 0 heterocycles. The monoisotopic (exact) mass is 214 g/mol. The molecule has 0 atom stereocenters. The molecule has 0 fully saturated rings. The Morgan fingerprint density at radius 1 is 1.40 bits per heavy atom. The maximum absolute atomic E-state index is 13.2. The molecule has 0 amide bonds. The number of hydrogen-bond donors (Lipinski definition) is 0. The third kappa shape index (κ3) is 5.50. The van der Waals surface area contributed by atoms with E-state index in [0.717, 1.165) is 18.9 Å². The molecule has 2 heteroatoms. The second-order valence-corrected chi connectivity index (χ2v) is 4.03. The van der Waals surface area contributed by atoms with E-state index in [-0.39, 0.29) is 11.5 Å². The predicted molar refractivity (Wildman–Crippen MR) is 62.1 cm³/mol. The molecule has 0 N–H and O–H groups in total. The van der Waals surface area contributed by atoms with E-state index in [1.165, 1.54) is 12.2 Å². The van der Waals surface area contributed by atoms with Crippen LogP contribution < -0.4 is 0 Å². The summed E-state index contributed by atoms with van der Waals surface area (Å²) in [5.74, 6) is -2.61. The fourth-order valence-electron chi connectivity index (χ4n) is 0.932. The molecule has 0 radical (unpaired) electrons. The van der Waals surface area contributed by atoms with Crippen molar-refractivity contribution in [2.45, 2.75) is 40.0 Å². The molecule has 86 valence electrons. The summed E-state index contributed by atoms with van der Waals surface area (Å²) in [5, 5.41) is 0. The molecule has 0 rings (SSSR count). The quantitative estimate of drug-likeness (QED) is 0.579. The molecule has 0 bridgehead atoms. The smallest absolute Gasteiger partial charge is 0.202 e. The summed E-state index contributed by atoms with van der Waals surface area (Å²) in [5.41, 5.74) is 0.760. The summed E-state index contributed by atoms with van der Waals surface area (Å²) in [7, 11) is 0. The van der Waals surface area contributed by atoms with Gasteiger partial charge >= 0.3 is 0 Å². The van der Waals surface area contributed by atoms with Crippen LogP contribution in [0.2, 0.25) is 0 Å². The molecule has 0 aromatic heterocycles. The lowest BCUT2D eigenvalue weighted by atomic mass is 9.99. The van der Waals surface area contributed by atoms with Crippen LogP contribution in [-0.2, 0) is 0 Å². The van der Waals surface area contributed by atoms with Crippen molar-refractivity contribution in [3.63, 3.8) is 0 Å².